The van der Waals surface area contributed by atoms with Gasteiger partial charge in [0, 0.05) is 0 Å². The Hall–Kier alpha value is -2.56. The minimum absolute atomic E-state index is 0.170. The highest BCUT2D eigenvalue weighted by Gasteiger charge is 2.07. The predicted octanol–water partition coefficient (Wildman–Crippen LogP) is 2.42. The molecule has 17 heavy (non-hydrogen) atoms. The van der Waals surface area contributed by atoms with Crippen LogP contribution in [0.25, 0.3) is 0 Å². The molecular weight excluding hydrogens is 220 g/mol. The fraction of sp³-hybridized carbons (Fsp3) is 0. The molecule has 0 radical (unpaired) electrons. The molecule has 2 aromatic rings. The van der Waals surface area contributed by atoms with E-state index in [9.17, 15) is 4.79 Å². The molecule has 0 aliphatic carbocycles. The van der Waals surface area contributed by atoms with E-state index in [0.29, 0.717) is 11.4 Å². The van der Waals surface area contributed by atoms with Crippen LogP contribution in [-0.2, 0) is 0 Å². The van der Waals surface area contributed by atoms with Gasteiger partial charge in [-0.1, -0.05) is 12.1 Å². The van der Waals surface area contributed by atoms with Crippen LogP contribution in [0, 0.1) is 0 Å². The number of carbonyl (C=O) groups is 1. The molecule has 86 valence electrons. The Morgan fingerprint density at radius 3 is 2.82 bits per heavy atom. The molecule has 0 fully saturated rings. The summed E-state index contributed by atoms with van der Waals surface area (Å²) in [5.41, 5.74) is 3.27. The lowest BCUT2D eigenvalue weighted by Gasteiger charge is -2.03. The van der Waals surface area contributed by atoms with Crippen molar-refractivity contribution in [1.82, 2.24) is 0 Å². The standard InChI is InChI=1S/C12H10N2O3/c15-12(16)10-5-1-2-6-11(10)14-13-8-9-4-3-7-17-9/h1-8,14H,(H,15,16)/b13-8-. The number of hydrogen-bond donors (Lipinski definition) is 2. The SMILES string of the molecule is O=C(O)c1ccccc1N/N=C\c1ccco1. The maximum absolute atomic E-state index is 10.9. The number of benzene rings is 1. The molecule has 1 aromatic carbocycles. The number of anilines is 1. The number of hydrogen-bond acceptors (Lipinski definition) is 4. The van der Waals surface area contributed by atoms with E-state index >= 15 is 0 Å². The molecule has 0 unspecified atom stereocenters. The van der Waals surface area contributed by atoms with Gasteiger partial charge in [-0.25, -0.2) is 4.79 Å². The van der Waals surface area contributed by atoms with Gasteiger partial charge in [0.25, 0.3) is 0 Å². The monoisotopic (exact) mass is 230 g/mol. The van der Waals surface area contributed by atoms with Crippen LogP contribution in [0.15, 0.2) is 52.2 Å². The molecule has 2 rings (SSSR count). The van der Waals surface area contributed by atoms with Gasteiger partial charge in [-0.05, 0) is 24.3 Å². The summed E-state index contributed by atoms with van der Waals surface area (Å²) in [4.78, 5) is 10.9. The van der Waals surface area contributed by atoms with Gasteiger partial charge < -0.3 is 9.52 Å². The molecule has 2 N–H and O–H groups in total. The first-order chi connectivity index (χ1) is 8.27. The summed E-state index contributed by atoms with van der Waals surface area (Å²) < 4.78 is 5.04. The first-order valence-corrected chi connectivity index (χ1v) is 4.92. The predicted molar refractivity (Wildman–Crippen MR) is 63.3 cm³/mol. The third-order valence-electron chi connectivity index (χ3n) is 2.08. The summed E-state index contributed by atoms with van der Waals surface area (Å²) in [5.74, 6) is -0.411. The molecule has 0 amide bonds. The van der Waals surface area contributed by atoms with Crippen molar-refractivity contribution in [2.75, 3.05) is 5.43 Å². The normalized spacial score (nSPS) is 10.6. The smallest absolute Gasteiger partial charge is 0.337 e. The highest BCUT2D eigenvalue weighted by molar-refractivity contribution is 5.94. The van der Waals surface area contributed by atoms with E-state index in [1.807, 2.05) is 0 Å². The van der Waals surface area contributed by atoms with Gasteiger partial charge in [0.15, 0.2) is 0 Å². The van der Waals surface area contributed by atoms with Crippen molar-refractivity contribution in [2.45, 2.75) is 0 Å². The maximum atomic E-state index is 10.9. The number of rotatable bonds is 4. The van der Waals surface area contributed by atoms with Crippen molar-refractivity contribution in [3.63, 3.8) is 0 Å². The molecule has 0 bridgehead atoms. The molecule has 0 aliphatic rings. The van der Waals surface area contributed by atoms with Crippen molar-refractivity contribution in [3.8, 4) is 0 Å². The summed E-state index contributed by atoms with van der Waals surface area (Å²) in [5, 5.41) is 12.8. The fourth-order valence-electron chi connectivity index (χ4n) is 1.30. The van der Waals surface area contributed by atoms with Crippen LogP contribution in [0.2, 0.25) is 0 Å². The van der Waals surface area contributed by atoms with Gasteiger partial charge in [-0.2, -0.15) is 5.10 Å². The Balaban J connectivity index is 2.11. The molecule has 0 saturated carbocycles. The Kier molecular flexibility index (Phi) is 3.20. The molecule has 0 spiro atoms. The van der Waals surface area contributed by atoms with Crippen LogP contribution < -0.4 is 5.43 Å². The molecule has 0 atom stereocenters. The quantitative estimate of drug-likeness (QED) is 0.624. The number of para-hydroxylation sites is 1. The third-order valence-corrected chi connectivity index (χ3v) is 2.08. The number of hydrazone groups is 1. The van der Waals surface area contributed by atoms with Gasteiger partial charge in [0.1, 0.15) is 5.76 Å². The van der Waals surface area contributed by atoms with E-state index in [0.717, 1.165) is 0 Å². The van der Waals surface area contributed by atoms with Gasteiger partial charge >= 0.3 is 5.97 Å². The largest absolute Gasteiger partial charge is 0.478 e. The lowest BCUT2D eigenvalue weighted by Crippen LogP contribution is -2.01. The van der Waals surface area contributed by atoms with Gasteiger partial charge in [-0.15, -0.1) is 0 Å². The first kappa shape index (κ1) is 10.9. The Morgan fingerprint density at radius 2 is 2.12 bits per heavy atom. The van der Waals surface area contributed by atoms with E-state index in [-0.39, 0.29) is 5.56 Å². The first-order valence-electron chi connectivity index (χ1n) is 4.92. The molecule has 5 nitrogen and oxygen atoms in total. The molecule has 1 aromatic heterocycles. The zero-order valence-corrected chi connectivity index (χ0v) is 8.83. The minimum atomic E-state index is -0.999. The molecular formula is C12H10N2O3. The fourth-order valence-corrected chi connectivity index (χ4v) is 1.30. The van der Waals surface area contributed by atoms with E-state index < -0.39 is 5.97 Å². The average Bonchev–Trinajstić information content (AvgIpc) is 2.82. The van der Waals surface area contributed by atoms with Crippen LogP contribution in [0.5, 0.6) is 0 Å². The Bertz CT molecular complexity index is 532. The van der Waals surface area contributed by atoms with Crippen molar-refractivity contribution in [3.05, 3.63) is 54.0 Å². The number of nitrogens with one attached hydrogen (secondary N) is 1. The van der Waals surface area contributed by atoms with Crippen LogP contribution in [0.3, 0.4) is 0 Å². The van der Waals surface area contributed by atoms with E-state index in [1.54, 1.807) is 30.3 Å². The maximum Gasteiger partial charge on any atom is 0.337 e. The van der Waals surface area contributed by atoms with E-state index in [4.69, 9.17) is 9.52 Å². The second-order valence-corrected chi connectivity index (χ2v) is 3.24. The van der Waals surface area contributed by atoms with Gasteiger partial charge in [-0.3, -0.25) is 5.43 Å². The third kappa shape index (κ3) is 2.72. The molecule has 1 heterocycles. The highest BCUT2D eigenvalue weighted by atomic mass is 16.4. The zero-order chi connectivity index (χ0) is 12.1. The van der Waals surface area contributed by atoms with Crippen LogP contribution in [0.4, 0.5) is 5.69 Å². The lowest BCUT2D eigenvalue weighted by molar-refractivity contribution is 0.0698. The second-order valence-electron chi connectivity index (χ2n) is 3.24. The number of furan rings is 1. The number of carboxylic acids is 1. The molecule has 0 aliphatic heterocycles. The summed E-state index contributed by atoms with van der Waals surface area (Å²) in [7, 11) is 0. The van der Waals surface area contributed by atoms with Crippen molar-refractivity contribution in [2.24, 2.45) is 5.10 Å². The Morgan fingerprint density at radius 1 is 1.29 bits per heavy atom. The molecule has 0 saturated heterocycles. The van der Waals surface area contributed by atoms with Crippen molar-refractivity contribution < 1.29 is 14.3 Å². The van der Waals surface area contributed by atoms with Crippen LogP contribution in [0.1, 0.15) is 16.1 Å². The van der Waals surface area contributed by atoms with Crippen LogP contribution >= 0.6 is 0 Å². The van der Waals surface area contributed by atoms with E-state index in [2.05, 4.69) is 10.5 Å². The van der Waals surface area contributed by atoms with Crippen molar-refractivity contribution >= 4 is 17.9 Å². The van der Waals surface area contributed by atoms with Crippen LogP contribution in [-0.4, -0.2) is 17.3 Å². The Labute approximate surface area is 97.4 Å². The van der Waals surface area contributed by atoms with Gasteiger partial charge in [0.05, 0.1) is 23.7 Å². The summed E-state index contributed by atoms with van der Waals surface area (Å²) in [6.07, 6.45) is 3.01. The number of nitrogens with zero attached hydrogens (tertiary/aromatic N) is 1. The van der Waals surface area contributed by atoms with Gasteiger partial charge in [0.2, 0.25) is 0 Å². The topological polar surface area (TPSA) is 74.8 Å². The average molecular weight is 230 g/mol. The number of aromatic carboxylic acids is 1. The zero-order valence-electron chi connectivity index (χ0n) is 8.83. The minimum Gasteiger partial charge on any atom is -0.478 e. The summed E-state index contributed by atoms with van der Waals surface area (Å²) in [6.45, 7) is 0. The van der Waals surface area contributed by atoms with Crippen molar-refractivity contribution in [1.29, 1.82) is 0 Å². The lowest BCUT2D eigenvalue weighted by atomic mass is 10.2. The summed E-state index contributed by atoms with van der Waals surface area (Å²) >= 11 is 0. The second kappa shape index (κ2) is 4.98. The molecule has 5 heteroatoms. The highest BCUT2D eigenvalue weighted by Crippen LogP contribution is 2.14. The van der Waals surface area contributed by atoms with E-state index in [1.165, 1.54) is 18.5 Å². The summed E-state index contributed by atoms with van der Waals surface area (Å²) in [6, 6.07) is 10.0. The number of carboxylic acid groups (broad SMARTS) is 1.